The summed E-state index contributed by atoms with van der Waals surface area (Å²) in [6.07, 6.45) is 1.75. The standard InChI is InChI=1S/C31H36N2O4/c1-3-23(2)29(33-30(35)26-17-11-6-12-18-26)31(36)32-27(20-19-24-13-7-4-8-14-24)28(34)22-37-21-25-15-9-5-10-16-25/h4-18,23,27,29H,3,19-22H2,1-2H3,(H,32,36)(H,33,35)/t23?,27-,29-/m0/s1. The first-order chi connectivity index (χ1) is 18.0. The number of hydrogen-bond acceptors (Lipinski definition) is 4. The van der Waals surface area contributed by atoms with E-state index in [1.165, 1.54) is 0 Å². The number of ketones is 1. The second-order valence-electron chi connectivity index (χ2n) is 9.23. The molecule has 0 aliphatic carbocycles. The molecule has 0 fully saturated rings. The van der Waals surface area contributed by atoms with Gasteiger partial charge in [0, 0.05) is 5.56 Å². The molecule has 0 saturated carbocycles. The van der Waals surface area contributed by atoms with Gasteiger partial charge in [-0.2, -0.15) is 0 Å². The zero-order valence-corrected chi connectivity index (χ0v) is 21.6. The Morgan fingerprint density at radius 1 is 0.784 bits per heavy atom. The van der Waals surface area contributed by atoms with Crippen LogP contribution >= 0.6 is 0 Å². The fourth-order valence-corrected chi connectivity index (χ4v) is 3.99. The molecule has 0 saturated heterocycles. The molecule has 6 nitrogen and oxygen atoms in total. The van der Waals surface area contributed by atoms with Crippen molar-refractivity contribution in [1.29, 1.82) is 0 Å². The van der Waals surface area contributed by atoms with Crippen molar-refractivity contribution >= 4 is 17.6 Å². The Labute approximate surface area is 219 Å². The lowest BCUT2D eigenvalue weighted by Crippen LogP contribution is -2.54. The van der Waals surface area contributed by atoms with Gasteiger partial charge in [-0.05, 0) is 42.0 Å². The maximum atomic E-state index is 13.4. The Morgan fingerprint density at radius 3 is 1.95 bits per heavy atom. The number of carbonyl (C=O) groups excluding carboxylic acids is 3. The predicted octanol–water partition coefficient (Wildman–Crippen LogP) is 4.73. The van der Waals surface area contributed by atoms with Crippen molar-refractivity contribution in [1.82, 2.24) is 10.6 Å². The molecule has 194 valence electrons. The molecule has 1 unspecified atom stereocenters. The molecular formula is C31H36N2O4. The van der Waals surface area contributed by atoms with Gasteiger partial charge in [0.15, 0.2) is 5.78 Å². The molecule has 0 radical (unpaired) electrons. The highest BCUT2D eigenvalue weighted by molar-refractivity contribution is 5.98. The fraction of sp³-hybridized carbons (Fsp3) is 0.323. The molecule has 2 N–H and O–H groups in total. The number of nitrogens with one attached hydrogen (secondary N) is 2. The first-order valence-electron chi connectivity index (χ1n) is 12.8. The third-order valence-corrected chi connectivity index (χ3v) is 6.44. The van der Waals surface area contributed by atoms with E-state index in [0.29, 0.717) is 31.4 Å². The van der Waals surface area contributed by atoms with E-state index in [1.807, 2.05) is 80.6 Å². The predicted molar refractivity (Wildman–Crippen MR) is 145 cm³/mol. The van der Waals surface area contributed by atoms with Crippen LogP contribution in [0.4, 0.5) is 0 Å². The minimum absolute atomic E-state index is 0.112. The van der Waals surface area contributed by atoms with Crippen LogP contribution in [0.5, 0.6) is 0 Å². The molecule has 0 bridgehead atoms. The number of rotatable bonds is 14. The van der Waals surface area contributed by atoms with Crippen LogP contribution in [0, 0.1) is 5.92 Å². The Balaban J connectivity index is 1.69. The number of hydrogen-bond donors (Lipinski definition) is 2. The number of aryl methyl sites for hydroxylation is 1. The van der Waals surface area contributed by atoms with Crippen molar-refractivity contribution in [3.63, 3.8) is 0 Å². The topological polar surface area (TPSA) is 84.5 Å². The minimum Gasteiger partial charge on any atom is -0.369 e. The summed E-state index contributed by atoms with van der Waals surface area (Å²) in [5, 5.41) is 5.80. The summed E-state index contributed by atoms with van der Waals surface area (Å²) in [6, 6.07) is 26.8. The van der Waals surface area contributed by atoms with Crippen LogP contribution in [0.3, 0.4) is 0 Å². The highest BCUT2D eigenvalue weighted by Gasteiger charge is 2.30. The van der Waals surface area contributed by atoms with E-state index >= 15 is 0 Å². The molecule has 37 heavy (non-hydrogen) atoms. The first-order valence-corrected chi connectivity index (χ1v) is 12.8. The summed E-state index contributed by atoms with van der Waals surface area (Å²) in [4.78, 5) is 39.4. The zero-order valence-electron chi connectivity index (χ0n) is 21.6. The van der Waals surface area contributed by atoms with E-state index in [-0.39, 0.29) is 30.1 Å². The molecule has 3 rings (SSSR count). The van der Waals surface area contributed by atoms with Crippen molar-refractivity contribution in [3.8, 4) is 0 Å². The molecule has 3 aromatic rings. The van der Waals surface area contributed by atoms with E-state index < -0.39 is 12.1 Å². The Kier molecular flexibility index (Phi) is 11.1. The second-order valence-corrected chi connectivity index (χ2v) is 9.23. The molecule has 3 atom stereocenters. The van der Waals surface area contributed by atoms with E-state index in [2.05, 4.69) is 10.6 Å². The summed E-state index contributed by atoms with van der Waals surface area (Å²) < 4.78 is 5.68. The summed E-state index contributed by atoms with van der Waals surface area (Å²) in [5.41, 5.74) is 2.53. The number of ether oxygens (including phenoxy) is 1. The second kappa shape index (κ2) is 14.7. The maximum absolute atomic E-state index is 13.4. The molecule has 6 heteroatoms. The summed E-state index contributed by atoms with van der Waals surface area (Å²) in [5.74, 6) is -1.00. The smallest absolute Gasteiger partial charge is 0.251 e. The van der Waals surface area contributed by atoms with Gasteiger partial charge in [0.25, 0.3) is 5.91 Å². The van der Waals surface area contributed by atoms with Gasteiger partial charge in [-0.1, -0.05) is 99.1 Å². The van der Waals surface area contributed by atoms with Crippen LogP contribution in [0.2, 0.25) is 0 Å². The van der Waals surface area contributed by atoms with Gasteiger partial charge in [0.1, 0.15) is 12.6 Å². The normalized spacial score (nSPS) is 13.2. The van der Waals surface area contributed by atoms with Crippen LogP contribution < -0.4 is 10.6 Å². The van der Waals surface area contributed by atoms with Crippen molar-refractivity contribution in [3.05, 3.63) is 108 Å². The minimum atomic E-state index is -0.769. The van der Waals surface area contributed by atoms with Crippen molar-refractivity contribution in [2.24, 2.45) is 5.92 Å². The van der Waals surface area contributed by atoms with Gasteiger partial charge in [0.05, 0.1) is 12.6 Å². The van der Waals surface area contributed by atoms with Gasteiger partial charge in [0.2, 0.25) is 5.91 Å². The lowest BCUT2D eigenvalue weighted by Gasteiger charge is -2.26. The average molecular weight is 501 g/mol. The van der Waals surface area contributed by atoms with E-state index in [9.17, 15) is 14.4 Å². The molecule has 0 aliphatic rings. The zero-order chi connectivity index (χ0) is 26.5. The molecule has 0 aromatic heterocycles. The number of carbonyl (C=O) groups is 3. The lowest BCUT2D eigenvalue weighted by atomic mass is 9.96. The van der Waals surface area contributed by atoms with Crippen molar-refractivity contribution in [2.45, 2.75) is 51.8 Å². The quantitative estimate of drug-likeness (QED) is 0.335. The van der Waals surface area contributed by atoms with E-state index in [1.54, 1.807) is 24.3 Å². The molecule has 0 aliphatic heterocycles. The highest BCUT2D eigenvalue weighted by atomic mass is 16.5. The van der Waals surface area contributed by atoms with Crippen molar-refractivity contribution < 1.29 is 19.1 Å². The first kappa shape index (κ1) is 27.8. The van der Waals surface area contributed by atoms with Gasteiger partial charge < -0.3 is 15.4 Å². The van der Waals surface area contributed by atoms with Crippen molar-refractivity contribution in [2.75, 3.05) is 6.61 Å². The van der Waals surface area contributed by atoms with E-state index in [0.717, 1.165) is 11.1 Å². The molecule has 0 heterocycles. The van der Waals surface area contributed by atoms with Crippen LogP contribution in [0.15, 0.2) is 91.0 Å². The molecule has 0 spiro atoms. The largest absolute Gasteiger partial charge is 0.369 e. The highest BCUT2D eigenvalue weighted by Crippen LogP contribution is 2.12. The summed E-state index contributed by atoms with van der Waals surface area (Å²) >= 11 is 0. The van der Waals surface area contributed by atoms with Gasteiger partial charge in [-0.3, -0.25) is 14.4 Å². The van der Waals surface area contributed by atoms with E-state index in [4.69, 9.17) is 4.74 Å². The van der Waals surface area contributed by atoms with Crippen LogP contribution in [-0.4, -0.2) is 36.3 Å². The summed E-state index contributed by atoms with van der Waals surface area (Å²) in [7, 11) is 0. The maximum Gasteiger partial charge on any atom is 0.251 e. The lowest BCUT2D eigenvalue weighted by molar-refractivity contribution is -0.132. The fourth-order valence-electron chi connectivity index (χ4n) is 3.99. The third-order valence-electron chi connectivity index (χ3n) is 6.44. The number of amides is 2. The monoisotopic (exact) mass is 500 g/mol. The van der Waals surface area contributed by atoms with Crippen LogP contribution in [0.25, 0.3) is 0 Å². The Bertz CT molecular complexity index is 1120. The Hall–Kier alpha value is -3.77. The third kappa shape index (κ3) is 8.99. The summed E-state index contributed by atoms with van der Waals surface area (Å²) in [6.45, 7) is 4.09. The SMILES string of the molecule is CCC(C)[C@H](NC(=O)c1ccccc1)C(=O)N[C@@H](CCc1ccccc1)C(=O)COCc1ccccc1. The number of benzene rings is 3. The van der Waals surface area contributed by atoms with Gasteiger partial charge in [-0.25, -0.2) is 0 Å². The average Bonchev–Trinajstić information content (AvgIpc) is 2.94. The van der Waals surface area contributed by atoms with Crippen LogP contribution in [-0.2, 0) is 27.4 Å². The van der Waals surface area contributed by atoms with Gasteiger partial charge in [-0.15, -0.1) is 0 Å². The molecule has 2 amide bonds. The molecule has 3 aromatic carbocycles. The number of Topliss-reactive ketones (excluding diaryl/α,β-unsaturated/α-hetero) is 1. The molecular weight excluding hydrogens is 464 g/mol. The van der Waals surface area contributed by atoms with Crippen LogP contribution in [0.1, 0.15) is 48.2 Å². The van der Waals surface area contributed by atoms with Gasteiger partial charge >= 0.3 is 0 Å². The Morgan fingerprint density at radius 2 is 1.35 bits per heavy atom.